The molecule has 0 aliphatic heterocycles. The van der Waals surface area contributed by atoms with Crippen molar-refractivity contribution < 1.29 is 9.53 Å². The lowest BCUT2D eigenvalue weighted by Crippen LogP contribution is -2.02. The zero-order chi connectivity index (χ0) is 9.68. The first-order chi connectivity index (χ1) is 6.22. The van der Waals surface area contributed by atoms with Crippen LogP contribution in [0.4, 0.5) is 0 Å². The van der Waals surface area contributed by atoms with E-state index in [4.69, 9.17) is 11.6 Å². The summed E-state index contributed by atoms with van der Waals surface area (Å²) in [6.45, 7) is 0. The van der Waals surface area contributed by atoms with E-state index in [0.29, 0.717) is 12.8 Å². The first-order valence-corrected chi connectivity index (χ1v) is 4.13. The van der Waals surface area contributed by atoms with Crippen molar-refractivity contribution in [2.24, 2.45) is 0 Å². The standard InChI is InChI=1S/C8H9ClN2O2/c1-13-7(12)3-2-6-4-10-8(9)11-5-6/h4-5H,2-3H2,1H3. The van der Waals surface area contributed by atoms with Crippen molar-refractivity contribution in [2.75, 3.05) is 7.11 Å². The van der Waals surface area contributed by atoms with Crippen LogP contribution in [-0.4, -0.2) is 23.0 Å². The number of nitrogens with zero attached hydrogens (tertiary/aromatic N) is 2. The monoisotopic (exact) mass is 200 g/mol. The van der Waals surface area contributed by atoms with Crippen LogP contribution in [0.25, 0.3) is 0 Å². The molecule has 0 fully saturated rings. The van der Waals surface area contributed by atoms with Crippen molar-refractivity contribution in [1.29, 1.82) is 0 Å². The van der Waals surface area contributed by atoms with Gasteiger partial charge in [-0.2, -0.15) is 0 Å². The van der Waals surface area contributed by atoms with Crippen LogP contribution in [0, 0.1) is 0 Å². The molecule has 4 nitrogen and oxygen atoms in total. The third-order valence-corrected chi connectivity index (χ3v) is 1.71. The predicted octanol–water partition coefficient (Wildman–Crippen LogP) is 1.24. The van der Waals surface area contributed by atoms with E-state index in [1.54, 1.807) is 12.4 Å². The largest absolute Gasteiger partial charge is 0.469 e. The lowest BCUT2D eigenvalue weighted by Gasteiger charge is -1.98. The van der Waals surface area contributed by atoms with Crippen LogP contribution in [0.1, 0.15) is 12.0 Å². The Balaban J connectivity index is 2.46. The van der Waals surface area contributed by atoms with Gasteiger partial charge in [-0.05, 0) is 23.6 Å². The van der Waals surface area contributed by atoms with Crippen molar-refractivity contribution >= 4 is 17.6 Å². The second-order valence-corrected chi connectivity index (χ2v) is 2.77. The Morgan fingerprint density at radius 3 is 2.69 bits per heavy atom. The number of hydrogen-bond acceptors (Lipinski definition) is 4. The van der Waals surface area contributed by atoms with Gasteiger partial charge in [0.2, 0.25) is 5.28 Å². The maximum Gasteiger partial charge on any atom is 0.305 e. The second kappa shape index (κ2) is 4.77. The quantitative estimate of drug-likeness (QED) is 0.544. The summed E-state index contributed by atoms with van der Waals surface area (Å²) in [5.41, 5.74) is 0.870. The van der Waals surface area contributed by atoms with Gasteiger partial charge in [-0.1, -0.05) is 0 Å². The first-order valence-electron chi connectivity index (χ1n) is 3.75. The van der Waals surface area contributed by atoms with Gasteiger partial charge >= 0.3 is 5.97 Å². The van der Waals surface area contributed by atoms with Crippen molar-refractivity contribution in [3.05, 3.63) is 23.2 Å². The highest BCUT2D eigenvalue weighted by molar-refractivity contribution is 6.28. The molecule has 0 unspecified atom stereocenters. The maximum absolute atomic E-state index is 10.8. The summed E-state index contributed by atoms with van der Waals surface area (Å²) in [4.78, 5) is 18.3. The van der Waals surface area contributed by atoms with Crippen LogP contribution in [0.2, 0.25) is 5.28 Å². The number of halogens is 1. The molecule has 0 atom stereocenters. The highest BCUT2D eigenvalue weighted by atomic mass is 35.5. The number of aromatic nitrogens is 2. The minimum Gasteiger partial charge on any atom is -0.469 e. The molecule has 1 rings (SSSR count). The number of rotatable bonds is 3. The fraction of sp³-hybridized carbons (Fsp3) is 0.375. The topological polar surface area (TPSA) is 52.1 Å². The van der Waals surface area contributed by atoms with Crippen molar-refractivity contribution in [3.8, 4) is 0 Å². The van der Waals surface area contributed by atoms with Gasteiger partial charge in [0.15, 0.2) is 0 Å². The van der Waals surface area contributed by atoms with E-state index < -0.39 is 0 Å². The van der Waals surface area contributed by atoms with Crippen LogP contribution < -0.4 is 0 Å². The lowest BCUT2D eigenvalue weighted by molar-refractivity contribution is -0.140. The molecule has 1 aromatic heterocycles. The Bertz CT molecular complexity index is 287. The number of aryl methyl sites for hydroxylation is 1. The molecule has 0 saturated heterocycles. The Morgan fingerprint density at radius 2 is 2.15 bits per heavy atom. The SMILES string of the molecule is COC(=O)CCc1cnc(Cl)nc1. The minimum atomic E-state index is -0.241. The van der Waals surface area contributed by atoms with E-state index in [-0.39, 0.29) is 11.3 Å². The number of carbonyl (C=O) groups excluding carboxylic acids is 1. The lowest BCUT2D eigenvalue weighted by atomic mass is 10.2. The Labute approximate surface area is 80.9 Å². The van der Waals surface area contributed by atoms with Crippen LogP contribution in [-0.2, 0) is 16.0 Å². The first kappa shape index (κ1) is 9.92. The summed E-state index contributed by atoms with van der Waals surface area (Å²) in [6, 6.07) is 0. The van der Waals surface area contributed by atoms with Gasteiger partial charge in [0, 0.05) is 18.8 Å². The summed E-state index contributed by atoms with van der Waals surface area (Å²) >= 11 is 5.49. The third kappa shape index (κ3) is 3.38. The van der Waals surface area contributed by atoms with Gasteiger partial charge in [0.1, 0.15) is 0 Å². The average molecular weight is 201 g/mol. The number of carbonyl (C=O) groups is 1. The van der Waals surface area contributed by atoms with Crippen LogP contribution in [0.5, 0.6) is 0 Å². The van der Waals surface area contributed by atoms with Gasteiger partial charge < -0.3 is 4.74 Å². The number of ether oxygens (including phenoxy) is 1. The molecule has 0 aromatic carbocycles. The fourth-order valence-electron chi connectivity index (χ4n) is 0.817. The smallest absolute Gasteiger partial charge is 0.305 e. The van der Waals surface area contributed by atoms with Gasteiger partial charge in [0.05, 0.1) is 7.11 Å². The van der Waals surface area contributed by atoms with Crippen LogP contribution in [0.15, 0.2) is 12.4 Å². The number of hydrogen-bond donors (Lipinski definition) is 0. The fourth-order valence-corrected chi connectivity index (χ4v) is 0.914. The Kier molecular flexibility index (Phi) is 3.64. The average Bonchev–Trinajstić information content (AvgIpc) is 2.16. The molecule has 0 radical (unpaired) electrons. The Morgan fingerprint density at radius 1 is 1.54 bits per heavy atom. The van der Waals surface area contributed by atoms with Crippen molar-refractivity contribution in [2.45, 2.75) is 12.8 Å². The minimum absolute atomic E-state index is 0.210. The molecule has 13 heavy (non-hydrogen) atoms. The van der Waals surface area contributed by atoms with E-state index in [2.05, 4.69) is 14.7 Å². The van der Waals surface area contributed by atoms with Crippen molar-refractivity contribution in [1.82, 2.24) is 9.97 Å². The molecule has 1 aromatic rings. The molecule has 0 spiro atoms. The van der Waals surface area contributed by atoms with Gasteiger partial charge in [-0.25, -0.2) is 9.97 Å². The molecule has 0 saturated carbocycles. The molecule has 70 valence electrons. The van der Waals surface area contributed by atoms with Crippen molar-refractivity contribution in [3.63, 3.8) is 0 Å². The highest BCUT2D eigenvalue weighted by Crippen LogP contribution is 2.03. The van der Waals surface area contributed by atoms with E-state index in [1.807, 2.05) is 0 Å². The molecule has 1 heterocycles. The normalized spacial score (nSPS) is 9.69. The summed E-state index contributed by atoms with van der Waals surface area (Å²) < 4.78 is 4.49. The molecular weight excluding hydrogens is 192 g/mol. The molecule has 0 N–H and O–H groups in total. The molecular formula is C8H9ClN2O2. The number of esters is 1. The zero-order valence-corrected chi connectivity index (χ0v) is 7.91. The third-order valence-electron chi connectivity index (χ3n) is 1.52. The zero-order valence-electron chi connectivity index (χ0n) is 7.16. The van der Waals surface area contributed by atoms with Crippen LogP contribution in [0.3, 0.4) is 0 Å². The summed E-state index contributed by atoms with van der Waals surface area (Å²) in [5.74, 6) is -0.241. The van der Waals surface area contributed by atoms with Crippen LogP contribution >= 0.6 is 11.6 Å². The van der Waals surface area contributed by atoms with Gasteiger partial charge in [-0.3, -0.25) is 4.79 Å². The Hall–Kier alpha value is -1.16. The molecule has 0 amide bonds. The van der Waals surface area contributed by atoms with E-state index in [1.165, 1.54) is 7.11 Å². The van der Waals surface area contributed by atoms with E-state index >= 15 is 0 Å². The molecule has 0 aliphatic carbocycles. The second-order valence-electron chi connectivity index (χ2n) is 2.44. The van der Waals surface area contributed by atoms with E-state index in [0.717, 1.165) is 5.56 Å². The molecule has 0 bridgehead atoms. The summed E-state index contributed by atoms with van der Waals surface area (Å²) in [6.07, 6.45) is 4.10. The molecule has 0 aliphatic rings. The van der Waals surface area contributed by atoms with E-state index in [9.17, 15) is 4.79 Å². The summed E-state index contributed by atoms with van der Waals surface area (Å²) in [7, 11) is 1.36. The molecule has 5 heteroatoms. The van der Waals surface area contributed by atoms with Gasteiger partial charge in [0.25, 0.3) is 0 Å². The number of methoxy groups -OCH3 is 1. The predicted molar refractivity (Wildman–Crippen MR) is 47.4 cm³/mol. The highest BCUT2D eigenvalue weighted by Gasteiger charge is 2.01. The summed E-state index contributed by atoms with van der Waals surface area (Å²) in [5, 5.41) is 0.210. The maximum atomic E-state index is 10.8. The van der Waals surface area contributed by atoms with Gasteiger partial charge in [-0.15, -0.1) is 0 Å².